The zero-order valence-electron chi connectivity index (χ0n) is 12.4. The third kappa shape index (κ3) is 4.17. The average Bonchev–Trinajstić information content (AvgIpc) is 2.56. The summed E-state index contributed by atoms with van der Waals surface area (Å²) in [6.07, 6.45) is 1.66. The lowest BCUT2D eigenvalue weighted by molar-refractivity contribution is 0.600. The van der Waals surface area contributed by atoms with Crippen LogP contribution in [-0.2, 0) is 15.8 Å². The fourth-order valence-electron chi connectivity index (χ4n) is 2.24. The number of aromatic nitrogens is 1. The molecular weight excluding hydrogens is 308 g/mol. The Kier molecular flexibility index (Phi) is 4.39. The topological polar surface area (TPSA) is 59.1 Å². The summed E-state index contributed by atoms with van der Waals surface area (Å²) < 4.78 is 26.9. The lowest BCUT2D eigenvalue weighted by Gasteiger charge is -2.08. The summed E-state index contributed by atoms with van der Waals surface area (Å²) in [5.41, 5.74) is 2.72. The van der Waals surface area contributed by atoms with Crippen molar-refractivity contribution in [3.8, 4) is 11.1 Å². The van der Waals surface area contributed by atoms with E-state index in [1.165, 1.54) is 0 Å². The van der Waals surface area contributed by atoms with Gasteiger partial charge in [0.15, 0.2) is 0 Å². The molecule has 0 spiro atoms. The second kappa shape index (κ2) is 6.62. The van der Waals surface area contributed by atoms with Crippen molar-refractivity contribution in [3.63, 3.8) is 0 Å². The summed E-state index contributed by atoms with van der Waals surface area (Å²) in [4.78, 5) is 4.19. The number of rotatable bonds is 5. The predicted molar refractivity (Wildman–Crippen MR) is 92.4 cm³/mol. The van der Waals surface area contributed by atoms with Crippen LogP contribution in [-0.4, -0.2) is 13.4 Å². The van der Waals surface area contributed by atoms with Crippen LogP contribution < -0.4 is 4.72 Å². The first kappa shape index (κ1) is 15.2. The Labute approximate surface area is 135 Å². The molecule has 0 saturated carbocycles. The van der Waals surface area contributed by atoms with E-state index in [2.05, 4.69) is 9.71 Å². The van der Waals surface area contributed by atoms with Crippen LogP contribution in [0.5, 0.6) is 0 Å². The van der Waals surface area contributed by atoms with Crippen molar-refractivity contribution < 1.29 is 8.42 Å². The molecule has 23 heavy (non-hydrogen) atoms. The molecule has 3 aromatic rings. The third-order valence-corrected chi connectivity index (χ3v) is 4.56. The van der Waals surface area contributed by atoms with E-state index in [0.717, 1.165) is 16.7 Å². The normalized spacial score (nSPS) is 11.1. The first-order valence-corrected chi connectivity index (χ1v) is 8.83. The van der Waals surface area contributed by atoms with Crippen molar-refractivity contribution in [1.82, 2.24) is 4.98 Å². The molecule has 5 heteroatoms. The summed E-state index contributed by atoms with van der Waals surface area (Å²) in [6, 6.07) is 22.4. The zero-order valence-corrected chi connectivity index (χ0v) is 13.2. The highest BCUT2D eigenvalue weighted by Crippen LogP contribution is 2.19. The smallest absolute Gasteiger partial charge is 0.238 e. The summed E-state index contributed by atoms with van der Waals surface area (Å²) in [7, 11) is -3.48. The summed E-state index contributed by atoms with van der Waals surface area (Å²) >= 11 is 0. The first-order chi connectivity index (χ1) is 11.1. The second-order valence-electron chi connectivity index (χ2n) is 5.14. The highest BCUT2D eigenvalue weighted by Gasteiger charge is 2.12. The molecule has 0 aliphatic heterocycles. The van der Waals surface area contributed by atoms with Crippen LogP contribution in [0.3, 0.4) is 0 Å². The SMILES string of the molecule is O=S(=O)(Cc1ccccc1)Nc1ccc(-c2ccccc2)cn1. The molecule has 0 bridgehead atoms. The van der Waals surface area contributed by atoms with Crippen molar-refractivity contribution in [2.45, 2.75) is 5.75 Å². The van der Waals surface area contributed by atoms with Gasteiger partial charge in [-0.05, 0) is 23.3 Å². The second-order valence-corrected chi connectivity index (χ2v) is 6.87. The molecule has 116 valence electrons. The van der Waals surface area contributed by atoms with Gasteiger partial charge in [-0.3, -0.25) is 4.72 Å². The Balaban J connectivity index is 1.73. The van der Waals surface area contributed by atoms with Gasteiger partial charge >= 0.3 is 0 Å². The number of hydrogen-bond acceptors (Lipinski definition) is 3. The molecule has 1 N–H and O–H groups in total. The number of anilines is 1. The molecular formula is C18H16N2O2S. The minimum Gasteiger partial charge on any atom is -0.267 e. The van der Waals surface area contributed by atoms with E-state index in [9.17, 15) is 8.42 Å². The molecule has 0 unspecified atom stereocenters. The molecule has 1 heterocycles. The number of nitrogens with one attached hydrogen (secondary N) is 1. The van der Waals surface area contributed by atoms with E-state index in [1.807, 2.05) is 54.6 Å². The molecule has 0 atom stereocenters. The van der Waals surface area contributed by atoms with E-state index < -0.39 is 10.0 Å². The summed E-state index contributed by atoms with van der Waals surface area (Å²) in [6.45, 7) is 0. The fourth-order valence-corrected chi connectivity index (χ4v) is 3.39. The van der Waals surface area contributed by atoms with Crippen LogP contribution in [0.2, 0.25) is 0 Å². The van der Waals surface area contributed by atoms with Gasteiger partial charge in [-0.25, -0.2) is 13.4 Å². The Morgan fingerprint density at radius 3 is 2.04 bits per heavy atom. The fraction of sp³-hybridized carbons (Fsp3) is 0.0556. The molecule has 0 aliphatic rings. The Morgan fingerprint density at radius 2 is 1.43 bits per heavy atom. The maximum absolute atomic E-state index is 12.2. The number of pyridine rings is 1. The van der Waals surface area contributed by atoms with Gasteiger partial charge in [-0.2, -0.15) is 0 Å². The van der Waals surface area contributed by atoms with E-state index in [0.29, 0.717) is 5.82 Å². The number of hydrogen-bond donors (Lipinski definition) is 1. The molecule has 0 amide bonds. The lowest BCUT2D eigenvalue weighted by atomic mass is 10.1. The van der Waals surface area contributed by atoms with E-state index in [4.69, 9.17) is 0 Å². The van der Waals surface area contributed by atoms with Crippen molar-refractivity contribution in [2.75, 3.05) is 4.72 Å². The van der Waals surface area contributed by atoms with Crippen LogP contribution in [0.4, 0.5) is 5.82 Å². The Hall–Kier alpha value is -2.66. The van der Waals surface area contributed by atoms with E-state index in [-0.39, 0.29) is 5.75 Å². The van der Waals surface area contributed by atoms with E-state index in [1.54, 1.807) is 24.4 Å². The molecule has 0 radical (unpaired) electrons. The van der Waals surface area contributed by atoms with Crippen LogP contribution in [0, 0.1) is 0 Å². The van der Waals surface area contributed by atoms with Crippen LogP contribution >= 0.6 is 0 Å². The van der Waals surface area contributed by atoms with Gasteiger partial charge in [0, 0.05) is 11.8 Å². The molecule has 1 aromatic heterocycles. The standard InChI is InChI=1S/C18H16N2O2S/c21-23(22,14-15-7-3-1-4-8-15)20-18-12-11-17(13-19-18)16-9-5-2-6-10-16/h1-13H,14H2,(H,19,20). The Bertz CT molecular complexity index is 862. The molecule has 0 saturated heterocycles. The van der Waals surface area contributed by atoms with Gasteiger partial charge in [0.1, 0.15) is 5.82 Å². The summed E-state index contributed by atoms with van der Waals surface area (Å²) in [5.74, 6) is 0.247. The van der Waals surface area contributed by atoms with Crippen molar-refractivity contribution in [3.05, 3.63) is 84.6 Å². The molecule has 4 nitrogen and oxygen atoms in total. The third-order valence-electron chi connectivity index (χ3n) is 3.33. The highest BCUT2D eigenvalue weighted by atomic mass is 32.2. The molecule has 0 aliphatic carbocycles. The maximum Gasteiger partial charge on any atom is 0.238 e. The minimum atomic E-state index is -3.48. The largest absolute Gasteiger partial charge is 0.267 e. The minimum absolute atomic E-state index is 0.0735. The molecule has 3 rings (SSSR count). The van der Waals surface area contributed by atoms with Crippen molar-refractivity contribution in [1.29, 1.82) is 0 Å². The maximum atomic E-state index is 12.2. The number of nitrogens with zero attached hydrogens (tertiary/aromatic N) is 1. The highest BCUT2D eigenvalue weighted by molar-refractivity contribution is 7.91. The van der Waals surface area contributed by atoms with Crippen LogP contribution in [0.15, 0.2) is 79.0 Å². The van der Waals surface area contributed by atoms with Gasteiger partial charge in [0.25, 0.3) is 0 Å². The van der Waals surface area contributed by atoms with Crippen LogP contribution in [0.1, 0.15) is 5.56 Å². The van der Waals surface area contributed by atoms with Gasteiger partial charge in [0.2, 0.25) is 10.0 Å². The van der Waals surface area contributed by atoms with Gasteiger partial charge in [0.05, 0.1) is 5.75 Å². The summed E-state index contributed by atoms with van der Waals surface area (Å²) in [5, 5.41) is 0. The van der Waals surface area contributed by atoms with Crippen molar-refractivity contribution >= 4 is 15.8 Å². The average molecular weight is 324 g/mol. The predicted octanol–water partition coefficient (Wildman–Crippen LogP) is 3.69. The zero-order chi connectivity index (χ0) is 16.1. The molecule has 2 aromatic carbocycles. The number of benzene rings is 2. The quantitative estimate of drug-likeness (QED) is 0.778. The Morgan fingerprint density at radius 1 is 0.783 bits per heavy atom. The number of sulfonamides is 1. The lowest BCUT2D eigenvalue weighted by Crippen LogP contribution is -2.15. The van der Waals surface area contributed by atoms with E-state index >= 15 is 0 Å². The molecule has 0 fully saturated rings. The van der Waals surface area contributed by atoms with Gasteiger partial charge < -0.3 is 0 Å². The first-order valence-electron chi connectivity index (χ1n) is 7.18. The van der Waals surface area contributed by atoms with Crippen molar-refractivity contribution in [2.24, 2.45) is 0 Å². The monoisotopic (exact) mass is 324 g/mol. The van der Waals surface area contributed by atoms with Gasteiger partial charge in [-0.1, -0.05) is 60.7 Å². The van der Waals surface area contributed by atoms with Crippen LogP contribution in [0.25, 0.3) is 11.1 Å². The van der Waals surface area contributed by atoms with Gasteiger partial charge in [-0.15, -0.1) is 0 Å².